The van der Waals surface area contributed by atoms with Crippen LogP contribution in [-0.2, 0) is 16.0 Å². The van der Waals surface area contributed by atoms with E-state index >= 15 is 0 Å². The fourth-order valence-corrected chi connectivity index (χ4v) is 4.58. The Kier molecular flexibility index (Phi) is 6.30. The molecule has 0 spiro atoms. The molecule has 0 saturated carbocycles. The molecular weight excluding hydrogens is 338 g/mol. The number of carbonyl (C=O) groups is 1. The molecule has 1 amide bonds. The molecule has 148 valence electrons. The summed E-state index contributed by atoms with van der Waals surface area (Å²) in [5.41, 5.74) is 2.42. The monoisotopic (exact) mass is 371 g/mol. The summed E-state index contributed by atoms with van der Waals surface area (Å²) in [6, 6.07) is 9.94. The van der Waals surface area contributed by atoms with Crippen LogP contribution in [0.25, 0.3) is 0 Å². The molecule has 3 heterocycles. The van der Waals surface area contributed by atoms with E-state index in [1.54, 1.807) is 0 Å². The molecule has 3 aliphatic rings. The maximum absolute atomic E-state index is 12.3. The van der Waals surface area contributed by atoms with Crippen molar-refractivity contribution in [2.24, 2.45) is 0 Å². The van der Waals surface area contributed by atoms with Crippen molar-refractivity contribution in [2.75, 3.05) is 44.3 Å². The fraction of sp³-hybridized carbons (Fsp3) is 0.682. The first-order valence-corrected chi connectivity index (χ1v) is 10.7. The van der Waals surface area contributed by atoms with Crippen LogP contribution >= 0.6 is 0 Å². The fourth-order valence-electron chi connectivity index (χ4n) is 4.58. The number of rotatable bonds is 5. The number of benzene rings is 1. The third-order valence-electron chi connectivity index (χ3n) is 6.30. The maximum Gasteiger partial charge on any atom is 0.226 e. The van der Waals surface area contributed by atoms with E-state index in [4.69, 9.17) is 4.74 Å². The van der Waals surface area contributed by atoms with Gasteiger partial charge in [0.15, 0.2) is 0 Å². The van der Waals surface area contributed by atoms with Crippen molar-refractivity contribution in [1.29, 1.82) is 0 Å². The highest BCUT2D eigenvalue weighted by Crippen LogP contribution is 2.22. The van der Waals surface area contributed by atoms with Crippen molar-refractivity contribution in [3.8, 4) is 0 Å². The van der Waals surface area contributed by atoms with Crippen molar-refractivity contribution in [2.45, 2.75) is 57.0 Å². The topological polar surface area (TPSA) is 44.8 Å². The van der Waals surface area contributed by atoms with Gasteiger partial charge in [0.25, 0.3) is 0 Å². The lowest BCUT2D eigenvalue weighted by Gasteiger charge is -2.36. The molecule has 4 rings (SSSR count). The predicted molar refractivity (Wildman–Crippen MR) is 108 cm³/mol. The molecule has 0 bridgehead atoms. The van der Waals surface area contributed by atoms with Crippen LogP contribution in [-0.4, -0.2) is 62.3 Å². The molecule has 0 unspecified atom stereocenters. The summed E-state index contributed by atoms with van der Waals surface area (Å²) in [6.45, 7) is 5.90. The second-order valence-corrected chi connectivity index (χ2v) is 8.25. The summed E-state index contributed by atoms with van der Waals surface area (Å²) in [5.74, 6) is 0.278. The third-order valence-corrected chi connectivity index (χ3v) is 6.30. The number of anilines is 1. The normalized spacial score (nSPS) is 22.4. The Morgan fingerprint density at radius 3 is 2.22 bits per heavy atom. The Bertz CT molecular complexity index is 598. The van der Waals surface area contributed by atoms with Crippen LogP contribution < -0.4 is 10.2 Å². The lowest BCUT2D eigenvalue weighted by atomic mass is 10.0. The molecule has 5 heteroatoms. The Hall–Kier alpha value is -1.59. The molecule has 1 aromatic carbocycles. The predicted octanol–water partition coefficient (Wildman–Crippen LogP) is 2.59. The molecule has 0 radical (unpaired) electrons. The lowest BCUT2D eigenvalue weighted by molar-refractivity contribution is -0.129. The van der Waals surface area contributed by atoms with Crippen LogP contribution in [0, 0.1) is 0 Å². The largest absolute Gasteiger partial charge is 0.381 e. The van der Waals surface area contributed by atoms with Gasteiger partial charge >= 0.3 is 0 Å². The van der Waals surface area contributed by atoms with Gasteiger partial charge in [-0.3, -0.25) is 4.79 Å². The minimum atomic E-state index is 0.278. The zero-order valence-electron chi connectivity index (χ0n) is 16.4. The number of nitrogens with zero attached hydrogens (tertiary/aromatic N) is 2. The zero-order chi connectivity index (χ0) is 18.5. The number of piperidine rings is 1. The Morgan fingerprint density at radius 1 is 0.926 bits per heavy atom. The van der Waals surface area contributed by atoms with E-state index in [1.807, 2.05) is 4.90 Å². The summed E-state index contributed by atoms with van der Waals surface area (Å²) in [5, 5.41) is 3.84. The van der Waals surface area contributed by atoms with Crippen molar-refractivity contribution < 1.29 is 9.53 Å². The first kappa shape index (κ1) is 18.8. The van der Waals surface area contributed by atoms with Gasteiger partial charge in [0.05, 0.1) is 6.42 Å². The van der Waals surface area contributed by atoms with Gasteiger partial charge in [-0.1, -0.05) is 12.1 Å². The third kappa shape index (κ3) is 5.02. The van der Waals surface area contributed by atoms with Crippen LogP contribution in [0.4, 0.5) is 5.69 Å². The number of ether oxygens (including phenoxy) is 1. The van der Waals surface area contributed by atoms with Crippen LogP contribution in [0.1, 0.15) is 44.1 Å². The molecule has 3 aliphatic heterocycles. The van der Waals surface area contributed by atoms with Crippen LogP contribution in [0.15, 0.2) is 24.3 Å². The van der Waals surface area contributed by atoms with Crippen molar-refractivity contribution in [1.82, 2.24) is 10.2 Å². The molecule has 27 heavy (non-hydrogen) atoms. The molecule has 0 aromatic heterocycles. The average molecular weight is 372 g/mol. The molecule has 0 aliphatic carbocycles. The van der Waals surface area contributed by atoms with Gasteiger partial charge in [0, 0.05) is 57.2 Å². The van der Waals surface area contributed by atoms with Gasteiger partial charge < -0.3 is 19.9 Å². The van der Waals surface area contributed by atoms with Gasteiger partial charge in [-0.05, 0) is 56.2 Å². The molecule has 1 aromatic rings. The van der Waals surface area contributed by atoms with E-state index in [9.17, 15) is 4.79 Å². The minimum absolute atomic E-state index is 0.278. The van der Waals surface area contributed by atoms with Crippen molar-refractivity contribution in [3.05, 3.63) is 29.8 Å². The van der Waals surface area contributed by atoms with Gasteiger partial charge in [0.2, 0.25) is 5.91 Å². The number of amides is 1. The van der Waals surface area contributed by atoms with Crippen LogP contribution in [0.2, 0.25) is 0 Å². The maximum atomic E-state index is 12.3. The van der Waals surface area contributed by atoms with Gasteiger partial charge in [-0.15, -0.1) is 0 Å². The van der Waals surface area contributed by atoms with Crippen LogP contribution in [0.5, 0.6) is 0 Å². The Morgan fingerprint density at radius 2 is 1.56 bits per heavy atom. The molecule has 0 atom stereocenters. The van der Waals surface area contributed by atoms with Crippen molar-refractivity contribution >= 4 is 11.6 Å². The number of carbonyl (C=O) groups excluding carboxylic acids is 1. The molecule has 5 nitrogen and oxygen atoms in total. The highest BCUT2D eigenvalue weighted by Gasteiger charge is 2.23. The second kappa shape index (κ2) is 9.07. The molecule has 3 fully saturated rings. The first-order valence-electron chi connectivity index (χ1n) is 10.7. The molecule has 1 N–H and O–H groups in total. The van der Waals surface area contributed by atoms with Gasteiger partial charge in [0.1, 0.15) is 0 Å². The zero-order valence-corrected chi connectivity index (χ0v) is 16.4. The molecular formula is C22H33N3O2. The highest BCUT2D eigenvalue weighted by atomic mass is 16.5. The summed E-state index contributed by atoms with van der Waals surface area (Å²) >= 11 is 0. The highest BCUT2D eigenvalue weighted by molar-refractivity contribution is 5.79. The van der Waals surface area contributed by atoms with Gasteiger partial charge in [-0.25, -0.2) is 0 Å². The lowest BCUT2D eigenvalue weighted by Crippen LogP contribution is -2.47. The number of likely N-dealkylation sites (tertiary alicyclic amines) is 1. The first-order chi connectivity index (χ1) is 13.3. The van der Waals surface area contributed by atoms with Crippen molar-refractivity contribution in [3.63, 3.8) is 0 Å². The minimum Gasteiger partial charge on any atom is -0.381 e. The average Bonchev–Trinajstić information content (AvgIpc) is 3.25. The standard InChI is InChI=1S/C22H33N3O2/c26-22(25-11-1-2-12-25)17-18-3-5-21(6-4-18)24-13-7-19(8-14-24)23-20-9-15-27-16-10-20/h3-6,19-20,23H,1-2,7-17H2. The number of hydrogen-bond donors (Lipinski definition) is 1. The van der Waals surface area contributed by atoms with E-state index in [0.29, 0.717) is 18.5 Å². The number of nitrogens with one attached hydrogen (secondary N) is 1. The quantitative estimate of drug-likeness (QED) is 0.864. The Labute approximate surface area is 163 Å². The van der Waals surface area contributed by atoms with Crippen LogP contribution in [0.3, 0.4) is 0 Å². The van der Waals surface area contributed by atoms with E-state index < -0.39 is 0 Å². The summed E-state index contributed by atoms with van der Waals surface area (Å²) < 4.78 is 5.45. The van der Waals surface area contributed by atoms with E-state index in [-0.39, 0.29) is 5.91 Å². The number of hydrogen-bond acceptors (Lipinski definition) is 4. The van der Waals surface area contributed by atoms with E-state index in [2.05, 4.69) is 34.5 Å². The van der Waals surface area contributed by atoms with E-state index in [1.165, 1.54) is 18.5 Å². The summed E-state index contributed by atoms with van der Waals surface area (Å²) in [7, 11) is 0. The Balaban J connectivity index is 1.24. The molecule has 3 saturated heterocycles. The summed E-state index contributed by atoms with van der Waals surface area (Å²) in [6.07, 6.45) is 7.56. The second-order valence-electron chi connectivity index (χ2n) is 8.25. The SMILES string of the molecule is O=C(Cc1ccc(N2CCC(NC3CCOCC3)CC2)cc1)N1CCCC1. The van der Waals surface area contributed by atoms with Gasteiger partial charge in [-0.2, -0.15) is 0 Å². The summed E-state index contributed by atoms with van der Waals surface area (Å²) in [4.78, 5) is 16.8. The van der Waals surface area contributed by atoms with E-state index in [0.717, 1.165) is 70.6 Å². The smallest absolute Gasteiger partial charge is 0.226 e.